The second kappa shape index (κ2) is 13.8. The number of benzene rings is 5. The second-order valence-electron chi connectivity index (χ2n) is 9.76. The molecular weight excluding hydrogens is 570 g/mol. The Bertz CT molecular complexity index is 1870. The number of carbonyl (C=O) groups excluding carboxylic acids is 3. The first-order chi connectivity index (χ1) is 21.8. The molecule has 1 N–H and O–H groups in total. The number of aromatic hydroxyl groups is 1. The SMILES string of the molecule is COc1ccc(C(=O)Oc2ccc(C(=O)N(C)c3ccc(C#Cc4ccc(OC(=O)c5ccc(O)cc5)cc4)cc3)cc2)cc1. The first-order valence-corrected chi connectivity index (χ1v) is 13.8. The molecule has 5 rings (SSSR count). The molecule has 0 saturated carbocycles. The summed E-state index contributed by atoms with van der Waals surface area (Å²) < 4.78 is 15.9. The predicted octanol–water partition coefficient (Wildman–Crippen LogP) is 6.52. The van der Waals surface area contributed by atoms with E-state index in [-0.39, 0.29) is 11.7 Å². The van der Waals surface area contributed by atoms with Gasteiger partial charge < -0.3 is 24.2 Å². The van der Waals surface area contributed by atoms with Gasteiger partial charge in [0.05, 0.1) is 18.2 Å². The number of methoxy groups -OCH3 is 1. The van der Waals surface area contributed by atoms with Crippen LogP contribution in [-0.4, -0.2) is 37.1 Å². The number of nitrogens with zero attached hydrogens (tertiary/aromatic N) is 1. The third-order valence-electron chi connectivity index (χ3n) is 6.72. The summed E-state index contributed by atoms with van der Waals surface area (Å²) >= 11 is 0. The molecule has 0 aliphatic rings. The van der Waals surface area contributed by atoms with Crippen molar-refractivity contribution < 1.29 is 33.7 Å². The van der Waals surface area contributed by atoms with Gasteiger partial charge in [0.1, 0.15) is 23.0 Å². The average molecular weight is 598 g/mol. The van der Waals surface area contributed by atoms with E-state index in [4.69, 9.17) is 14.2 Å². The molecule has 0 fully saturated rings. The fraction of sp³-hybridized carbons (Fsp3) is 0.0541. The summed E-state index contributed by atoms with van der Waals surface area (Å²) in [6.07, 6.45) is 0. The Morgan fingerprint density at radius 1 is 0.556 bits per heavy atom. The lowest BCUT2D eigenvalue weighted by Gasteiger charge is -2.17. The summed E-state index contributed by atoms with van der Waals surface area (Å²) in [5.41, 5.74) is 3.31. The molecule has 0 aromatic heterocycles. The van der Waals surface area contributed by atoms with E-state index in [0.29, 0.717) is 39.6 Å². The number of rotatable bonds is 7. The van der Waals surface area contributed by atoms with Crippen LogP contribution in [0.15, 0.2) is 121 Å². The van der Waals surface area contributed by atoms with Crippen LogP contribution < -0.4 is 19.1 Å². The maximum Gasteiger partial charge on any atom is 0.343 e. The van der Waals surface area contributed by atoms with Crippen molar-refractivity contribution in [3.63, 3.8) is 0 Å². The van der Waals surface area contributed by atoms with E-state index in [1.165, 1.54) is 29.2 Å². The van der Waals surface area contributed by atoms with Crippen LogP contribution in [-0.2, 0) is 0 Å². The summed E-state index contributed by atoms with van der Waals surface area (Å²) in [5, 5.41) is 9.36. The van der Waals surface area contributed by atoms with E-state index in [1.54, 1.807) is 99.1 Å². The summed E-state index contributed by atoms with van der Waals surface area (Å²) in [6, 6.07) is 32.8. The number of amides is 1. The smallest absolute Gasteiger partial charge is 0.343 e. The van der Waals surface area contributed by atoms with Gasteiger partial charge in [-0.1, -0.05) is 11.8 Å². The normalized spacial score (nSPS) is 10.2. The maximum atomic E-state index is 13.1. The fourth-order valence-corrected chi connectivity index (χ4v) is 4.15. The molecule has 1 amide bonds. The van der Waals surface area contributed by atoms with E-state index >= 15 is 0 Å². The van der Waals surface area contributed by atoms with Crippen LogP contribution >= 0.6 is 0 Å². The third-order valence-corrected chi connectivity index (χ3v) is 6.72. The Balaban J connectivity index is 1.16. The van der Waals surface area contributed by atoms with Gasteiger partial charge in [0, 0.05) is 29.4 Å². The Morgan fingerprint density at radius 2 is 0.956 bits per heavy atom. The van der Waals surface area contributed by atoms with Crippen LogP contribution in [0.1, 0.15) is 42.2 Å². The zero-order chi connectivity index (χ0) is 31.8. The maximum absolute atomic E-state index is 13.1. The molecule has 0 saturated heterocycles. The van der Waals surface area contributed by atoms with Crippen molar-refractivity contribution in [2.24, 2.45) is 0 Å². The molecule has 0 spiro atoms. The lowest BCUT2D eigenvalue weighted by Crippen LogP contribution is -2.26. The highest BCUT2D eigenvalue weighted by Gasteiger charge is 2.15. The number of hydrogen-bond acceptors (Lipinski definition) is 7. The molecule has 8 nitrogen and oxygen atoms in total. The molecule has 8 heteroatoms. The number of esters is 2. The van der Waals surface area contributed by atoms with Crippen molar-refractivity contribution in [2.75, 3.05) is 19.1 Å². The Labute approximate surface area is 260 Å². The molecule has 0 unspecified atom stereocenters. The molecule has 0 heterocycles. The van der Waals surface area contributed by atoms with Crippen LogP contribution in [0.4, 0.5) is 5.69 Å². The number of hydrogen-bond donors (Lipinski definition) is 1. The average Bonchev–Trinajstić information content (AvgIpc) is 3.08. The number of carbonyl (C=O) groups is 3. The van der Waals surface area contributed by atoms with Crippen molar-refractivity contribution in [2.45, 2.75) is 0 Å². The zero-order valence-electron chi connectivity index (χ0n) is 24.4. The highest BCUT2D eigenvalue weighted by Crippen LogP contribution is 2.21. The Morgan fingerprint density at radius 3 is 1.44 bits per heavy atom. The number of ether oxygens (including phenoxy) is 3. The van der Waals surface area contributed by atoms with E-state index in [2.05, 4.69) is 11.8 Å². The second-order valence-corrected chi connectivity index (χ2v) is 9.76. The van der Waals surface area contributed by atoms with E-state index in [9.17, 15) is 19.5 Å². The quantitative estimate of drug-likeness (QED) is 0.130. The first-order valence-electron chi connectivity index (χ1n) is 13.8. The molecular formula is C37H27NO7. The van der Waals surface area contributed by atoms with Gasteiger partial charge in [-0.25, -0.2) is 9.59 Å². The van der Waals surface area contributed by atoms with Gasteiger partial charge in [0.15, 0.2) is 0 Å². The zero-order valence-corrected chi connectivity index (χ0v) is 24.4. The van der Waals surface area contributed by atoms with Gasteiger partial charge in [-0.3, -0.25) is 4.79 Å². The fourth-order valence-electron chi connectivity index (χ4n) is 4.15. The van der Waals surface area contributed by atoms with Gasteiger partial charge in [-0.15, -0.1) is 0 Å². The van der Waals surface area contributed by atoms with E-state index < -0.39 is 11.9 Å². The van der Waals surface area contributed by atoms with Crippen molar-refractivity contribution in [1.29, 1.82) is 0 Å². The first kappa shape index (κ1) is 30.1. The van der Waals surface area contributed by atoms with Crippen molar-refractivity contribution in [3.8, 4) is 34.8 Å². The molecule has 0 aliphatic heterocycles. The largest absolute Gasteiger partial charge is 0.508 e. The minimum Gasteiger partial charge on any atom is -0.508 e. The Kier molecular flexibility index (Phi) is 9.22. The van der Waals surface area contributed by atoms with Gasteiger partial charge in [0.25, 0.3) is 5.91 Å². The molecule has 5 aromatic rings. The molecule has 0 aliphatic carbocycles. The lowest BCUT2D eigenvalue weighted by atomic mass is 10.1. The highest BCUT2D eigenvalue weighted by atomic mass is 16.5. The minimum absolute atomic E-state index is 0.0692. The molecule has 5 aromatic carbocycles. The number of phenolic OH excluding ortho intramolecular Hbond substituents is 1. The minimum atomic E-state index is -0.527. The number of anilines is 1. The molecule has 0 bridgehead atoms. The molecule has 222 valence electrons. The van der Waals surface area contributed by atoms with Crippen LogP contribution in [0.3, 0.4) is 0 Å². The predicted molar refractivity (Wildman–Crippen MR) is 169 cm³/mol. The summed E-state index contributed by atoms with van der Waals surface area (Å²) in [7, 11) is 3.23. The van der Waals surface area contributed by atoms with Crippen LogP contribution in [0.2, 0.25) is 0 Å². The highest BCUT2D eigenvalue weighted by molar-refractivity contribution is 6.05. The molecule has 45 heavy (non-hydrogen) atoms. The summed E-state index contributed by atoms with van der Waals surface area (Å²) in [5.74, 6) is 6.29. The number of phenols is 1. The standard InChI is InChI=1S/C37H27NO7/c1-38(35(40)27-11-23-34(24-12-27)45-37(42)29-13-21-32(43-2)22-14-29)30-15-5-25(6-16-30)3-4-26-7-19-33(20-8-26)44-36(41)28-9-17-31(39)18-10-28/h5-24,39H,1-2H3. The van der Waals surface area contributed by atoms with Gasteiger partial charge in [-0.2, -0.15) is 0 Å². The van der Waals surface area contributed by atoms with Crippen LogP contribution in [0.25, 0.3) is 0 Å². The molecule has 0 atom stereocenters. The van der Waals surface area contributed by atoms with Gasteiger partial charge >= 0.3 is 11.9 Å². The van der Waals surface area contributed by atoms with Crippen molar-refractivity contribution in [1.82, 2.24) is 0 Å². The van der Waals surface area contributed by atoms with Crippen LogP contribution in [0.5, 0.6) is 23.0 Å². The Hall–Kier alpha value is -6.33. The van der Waals surface area contributed by atoms with Crippen molar-refractivity contribution in [3.05, 3.63) is 149 Å². The lowest BCUT2D eigenvalue weighted by molar-refractivity contribution is 0.0725. The summed E-state index contributed by atoms with van der Waals surface area (Å²) in [6.45, 7) is 0. The summed E-state index contributed by atoms with van der Waals surface area (Å²) in [4.78, 5) is 39.3. The molecule has 0 radical (unpaired) electrons. The van der Waals surface area contributed by atoms with Crippen LogP contribution in [0, 0.1) is 11.8 Å². The van der Waals surface area contributed by atoms with E-state index in [1.807, 2.05) is 12.1 Å². The van der Waals surface area contributed by atoms with Gasteiger partial charge in [-0.05, 0) is 121 Å². The van der Waals surface area contributed by atoms with Gasteiger partial charge in [0.2, 0.25) is 0 Å². The monoisotopic (exact) mass is 597 g/mol. The van der Waals surface area contributed by atoms with Crippen molar-refractivity contribution >= 4 is 23.5 Å². The van der Waals surface area contributed by atoms with E-state index in [0.717, 1.165) is 11.1 Å². The topological polar surface area (TPSA) is 102 Å². The third kappa shape index (κ3) is 7.74.